The van der Waals surface area contributed by atoms with Crippen LogP contribution in [0.3, 0.4) is 0 Å². The maximum atomic E-state index is 12.3. The number of nitrogens with two attached hydrogens (primary N) is 1. The van der Waals surface area contributed by atoms with E-state index in [2.05, 4.69) is 10.6 Å². The van der Waals surface area contributed by atoms with E-state index < -0.39 is 17.6 Å². The number of amides is 4. The first-order valence-electron chi connectivity index (χ1n) is 7.07. The molecule has 2 heterocycles. The van der Waals surface area contributed by atoms with Crippen LogP contribution in [-0.4, -0.2) is 47.4 Å². The highest BCUT2D eigenvalue weighted by Crippen LogP contribution is 2.26. The first-order chi connectivity index (χ1) is 9.39. The SMILES string of the molecule is CCC(C)[C@H](N)C(=O)N1CCC2(CC1)NC(=O)NC2=O. The molecular formula is C13H22N4O3. The number of nitrogens with one attached hydrogen (secondary N) is 2. The number of nitrogens with zero attached hydrogens (tertiary/aromatic N) is 1. The summed E-state index contributed by atoms with van der Waals surface area (Å²) in [6.07, 6.45) is 1.72. The number of rotatable bonds is 3. The van der Waals surface area contributed by atoms with Gasteiger partial charge >= 0.3 is 6.03 Å². The van der Waals surface area contributed by atoms with E-state index in [0.717, 1.165) is 6.42 Å². The first-order valence-corrected chi connectivity index (χ1v) is 7.07. The Bertz CT molecular complexity index is 429. The lowest BCUT2D eigenvalue weighted by atomic mass is 9.87. The Labute approximate surface area is 118 Å². The monoisotopic (exact) mass is 282 g/mol. The van der Waals surface area contributed by atoms with Crippen molar-refractivity contribution in [3.05, 3.63) is 0 Å². The summed E-state index contributed by atoms with van der Waals surface area (Å²) in [4.78, 5) is 37.0. The van der Waals surface area contributed by atoms with Crippen LogP contribution in [0.1, 0.15) is 33.1 Å². The lowest BCUT2D eigenvalue weighted by molar-refractivity contribution is -0.137. The largest absolute Gasteiger partial charge is 0.341 e. The number of urea groups is 1. The van der Waals surface area contributed by atoms with Gasteiger partial charge in [-0.05, 0) is 18.8 Å². The van der Waals surface area contributed by atoms with Crippen molar-refractivity contribution in [2.24, 2.45) is 11.7 Å². The molecule has 0 aromatic rings. The summed E-state index contributed by atoms with van der Waals surface area (Å²) >= 11 is 0. The van der Waals surface area contributed by atoms with Gasteiger partial charge in [0.15, 0.2) is 0 Å². The van der Waals surface area contributed by atoms with Crippen molar-refractivity contribution in [2.75, 3.05) is 13.1 Å². The number of hydrogen-bond acceptors (Lipinski definition) is 4. The van der Waals surface area contributed by atoms with Crippen LogP contribution in [0.25, 0.3) is 0 Å². The molecule has 4 N–H and O–H groups in total. The Morgan fingerprint density at radius 3 is 2.45 bits per heavy atom. The minimum absolute atomic E-state index is 0.0704. The van der Waals surface area contributed by atoms with Crippen molar-refractivity contribution in [3.8, 4) is 0 Å². The molecule has 1 unspecified atom stereocenters. The molecule has 2 fully saturated rings. The average Bonchev–Trinajstić information content (AvgIpc) is 2.71. The molecule has 1 spiro atoms. The molecule has 0 aromatic heterocycles. The Morgan fingerprint density at radius 2 is 2.00 bits per heavy atom. The number of carbonyl (C=O) groups is 3. The van der Waals surface area contributed by atoms with Gasteiger partial charge in [-0.3, -0.25) is 14.9 Å². The van der Waals surface area contributed by atoms with Gasteiger partial charge in [-0.25, -0.2) is 4.79 Å². The van der Waals surface area contributed by atoms with Gasteiger partial charge in [-0.2, -0.15) is 0 Å². The Kier molecular flexibility index (Phi) is 3.99. The maximum absolute atomic E-state index is 12.3. The highest BCUT2D eigenvalue weighted by Gasteiger charge is 2.48. The molecule has 4 amide bonds. The van der Waals surface area contributed by atoms with Crippen LogP contribution in [-0.2, 0) is 9.59 Å². The Hall–Kier alpha value is -1.63. The highest BCUT2D eigenvalue weighted by molar-refractivity contribution is 6.07. The summed E-state index contributed by atoms with van der Waals surface area (Å²) in [5.74, 6) is -0.229. The van der Waals surface area contributed by atoms with E-state index in [0.29, 0.717) is 25.9 Å². The van der Waals surface area contributed by atoms with Crippen LogP contribution >= 0.6 is 0 Å². The molecule has 0 aliphatic carbocycles. The van der Waals surface area contributed by atoms with Gasteiger partial charge in [0.25, 0.3) is 5.91 Å². The van der Waals surface area contributed by atoms with Crippen LogP contribution < -0.4 is 16.4 Å². The second-order valence-electron chi connectivity index (χ2n) is 5.73. The van der Waals surface area contributed by atoms with E-state index in [-0.39, 0.29) is 17.7 Å². The van der Waals surface area contributed by atoms with Crippen molar-refractivity contribution in [1.82, 2.24) is 15.5 Å². The third-order valence-electron chi connectivity index (χ3n) is 4.49. The van der Waals surface area contributed by atoms with Crippen molar-refractivity contribution < 1.29 is 14.4 Å². The number of likely N-dealkylation sites (tertiary alicyclic amines) is 1. The molecule has 2 aliphatic heterocycles. The van der Waals surface area contributed by atoms with Crippen LogP contribution in [0.2, 0.25) is 0 Å². The van der Waals surface area contributed by atoms with E-state index in [9.17, 15) is 14.4 Å². The highest BCUT2D eigenvalue weighted by atomic mass is 16.2. The van der Waals surface area contributed by atoms with Gasteiger partial charge in [-0.15, -0.1) is 0 Å². The zero-order valence-electron chi connectivity index (χ0n) is 11.9. The minimum Gasteiger partial charge on any atom is -0.341 e. The lowest BCUT2D eigenvalue weighted by Gasteiger charge is -2.38. The van der Waals surface area contributed by atoms with Crippen molar-refractivity contribution in [2.45, 2.75) is 44.7 Å². The molecule has 2 atom stereocenters. The summed E-state index contributed by atoms with van der Waals surface area (Å²) in [6, 6.07) is -0.952. The van der Waals surface area contributed by atoms with Gasteiger partial charge in [0.05, 0.1) is 6.04 Å². The first kappa shape index (κ1) is 14.8. The lowest BCUT2D eigenvalue weighted by Crippen LogP contribution is -2.58. The third-order valence-corrected chi connectivity index (χ3v) is 4.49. The quantitative estimate of drug-likeness (QED) is 0.610. The third kappa shape index (κ3) is 2.49. The van der Waals surface area contributed by atoms with Gasteiger partial charge in [0.2, 0.25) is 5.91 Å². The molecule has 2 saturated heterocycles. The molecule has 0 saturated carbocycles. The fourth-order valence-electron chi connectivity index (χ4n) is 2.70. The molecule has 0 aromatic carbocycles. The van der Waals surface area contributed by atoms with Crippen molar-refractivity contribution >= 4 is 17.8 Å². The van der Waals surface area contributed by atoms with Crippen molar-refractivity contribution in [3.63, 3.8) is 0 Å². The summed E-state index contributed by atoms with van der Waals surface area (Å²) in [6.45, 7) is 4.84. The molecule has 2 aliphatic rings. The van der Waals surface area contributed by atoms with Crippen LogP contribution in [0, 0.1) is 5.92 Å². The van der Waals surface area contributed by atoms with E-state index >= 15 is 0 Å². The second kappa shape index (κ2) is 5.40. The zero-order chi connectivity index (χ0) is 14.9. The summed E-state index contributed by atoms with van der Waals surface area (Å²) in [5.41, 5.74) is 5.12. The van der Waals surface area contributed by atoms with Crippen LogP contribution in [0.5, 0.6) is 0 Å². The Balaban J connectivity index is 1.96. The van der Waals surface area contributed by atoms with Gasteiger partial charge in [0.1, 0.15) is 5.54 Å². The molecule has 20 heavy (non-hydrogen) atoms. The minimum atomic E-state index is -0.839. The molecule has 0 bridgehead atoms. The van der Waals surface area contributed by atoms with E-state index in [1.807, 2.05) is 13.8 Å². The van der Waals surface area contributed by atoms with Gasteiger partial charge < -0.3 is 16.0 Å². The molecule has 7 nitrogen and oxygen atoms in total. The smallest absolute Gasteiger partial charge is 0.322 e. The van der Waals surface area contributed by atoms with Crippen LogP contribution in [0.4, 0.5) is 4.79 Å². The summed E-state index contributed by atoms with van der Waals surface area (Å²) in [5, 5.41) is 4.93. The average molecular weight is 282 g/mol. The molecule has 0 radical (unpaired) electrons. The number of hydrogen-bond donors (Lipinski definition) is 3. The maximum Gasteiger partial charge on any atom is 0.322 e. The molecular weight excluding hydrogens is 260 g/mol. The van der Waals surface area contributed by atoms with Crippen LogP contribution in [0.15, 0.2) is 0 Å². The van der Waals surface area contributed by atoms with Gasteiger partial charge in [-0.1, -0.05) is 20.3 Å². The zero-order valence-corrected chi connectivity index (χ0v) is 11.9. The molecule has 7 heteroatoms. The van der Waals surface area contributed by atoms with Gasteiger partial charge in [0, 0.05) is 13.1 Å². The second-order valence-corrected chi connectivity index (χ2v) is 5.73. The van der Waals surface area contributed by atoms with Crippen molar-refractivity contribution in [1.29, 1.82) is 0 Å². The summed E-state index contributed by atoms with van der Waals surface area (Å²) < 4.78 is 0. The van der Waals surface area contributed by atoms with E-state index in [1.54, 1.807) is 4.90 Å². The predicted molar refractivity (Wildman–Crippen MR) is 72.6 cm³/mol. The number of piperidine rings is 1. The molecule has 112 valence electrons. The van der Waals surface area contributed by atoms with E-state index in [4.69, 9.17) is 5.73 Å². The van der Waals surface area contributed by atoms with E-state index in [1.165, 1.54) is 0 Å². The predicted octanol–water partition coefficient (Wildman–Crippen LogP) is -0.440. The fourth-order valence-corrected chi connectivity index (χ4v) is 2.70. The number of carbonyl (C=O) groups excluding carboxylic acids is 3. The fraction of sp³-hybridized carbons (Fsp3) is 0.769. The topological polar surface area (TPSA) is 105 Å². The Morgan fingerprint density at radius 1 is 1.40 bits per heavy atom. The molecule has 2 rings (SSSR count). The summed E-state index contributed by atoms with van der Waals surface area (Å²) in [7, 11) is 0. The number of imide groups is 1. The standard InChI is InChI=1S/C13H22N4O3/c1-3-8(2)9(14)10(18)17-6-4-13(5-7-17)11(19)15-12(20)16-13/h8-9H,3-7,14H2,1-2H3,(H2,15,16,19,20)/t8?,9-/m0/s1. The normalized spacial score (nSPS) is 24.2.